The van der Waals surface area contributed by atoms with E-state index in [2.05, 4.69) is 9.84 Å². The number of phosphoric acid groups is 1. The van der Waals surface area contributed by atoms with Crippen LogP contribution in [0.2, 0.25) is 0 Å². The fourth-order valence-corrected chi connectivity index (χ4v) is 6.16. The standard InChI is InChI=1S/C25H38N3O10P/c1-24(21(26)31,22(32)33)25(15-20(29)30,14-17-10-12-18(13-11-17)38-39(35,36)37)19(28-23(27)34)9-5-8-16-6-3-2-4-7-16/h10-13,16,19H,2-9,14-15H2,1H3,(H2,26,31)(H,29,30)(H,32,33)(H3,27,28,34)(H2,35,36,37). The summed E-state index contributed by atoms with van der Waals surface area (Å²) in [4.78, 5) is 67.9. The highest BCUT2D eigenvalue weighted by Gasteiger charge is 2.62. The first kappa shape index (κ1) is 32.1. The summed E-state index contributed by atoms with van der Waals surface area (Å²) in [5, 5.41) is 22.7. The molecule has 0 radical (unpaired) electrons. The number of rotatable bonds is 15. The lowest BCUT2D eigenvalue weighted by atomic mass is 9.54. The van der Waals surface area contributed by atoms with Gasteiger partial charge in [0, 0.05) is 11.5 Å². The Morgan fingerprint density at radius 3 is 2.13 bits per heavy atom. The third kappa shape index (κ3) is 8.42. The Bertz CT molecular complexity index is 1070. The van der Waals surface area contributed by atoms with Crippen molar-refractivity contribution < 1.29 is 48.3 Å². The molecule has 39 heavy (non-hydrogen) atoms. The molecule has 1 aliphatic rings. The second kappa shape index (κ2) is 13.3. The summed E-state index contributed by atoms with van der Waals surface area (Å²) < 4.78 is 15.7. The van der Waals surface area contributed by atoms with Gasteiger partial charge in [-0.3, -0.25) is 24.2 Å². The van der Waals surface area contributed by atoms with Gasteiger partial charge in [-0.15, -0.1) is 0 Å². The van der Waals surface area contributed by atoms with E-state index >= 15 is 0 Å². The Morgan fingerprint density at radius 1 is 1.08 bits per heavy atom. The molecule has 0 heterocycles. The van der Waals surface area contributed by atoms with Crippen LogP contribution in [0.3, 0.4) is 0 Å². The molecule has 1 aliphatic carbocycles. The van der Waals surface area contributed by atoms with Gasteiger partial charge in [-0.2, -0.15) is 0 Å². The molecule has 0 aromatic heterocycles. The van der Waals surface area contributed by atoms with Crippen LogP contribution in [0.25, 0.3) is 0 Å². The van der Waals surface area contributed by atoms with E-state index in [1.165, 1.54) is 24.3 Å². The molecule has 14 heteroatoms. The summed E-state index contributed by atoms with van der Waals surface area (Å²) in [6.45, 7) is 1.04. The minimum atomic E-state index is -4.85. The molecule has 1 saturated carbocycles. The maximum atomic E-state index is 12.8. The van der Waals surface area contributed by atoms with E-state index in [0.29, 0.717) is 17.9 Å². The van der Waals surface area contributed by atoms with Crippen LogP contribution in [0.15, 0.2) is 24.3 Å². The van der Waals surface area contributed by atoms with Gasteiger partial charge in [0.2, 0.25) is 5.91 Å². The second-order valence-corrected chi connectivity index (χ2v) is 11.6. The number of carboxylic acids is 2. The number of aliphatic carboxylic acids is 2. The van der Waals surface area contributed by atoms with Gasteiger partial charge in [0.1, 0.15) is 5.75 Å². The van der Waals surface area contributed by atoms with Gasteiger partial charge < -0.3 is 31.5 Å². The molecule has 9 N–H and O–H groups in total. The van der Waals surface area contributed by atoms with Crippen LogP contribution in [0, 0.1) is 16.7 Å². The zero-order valence-corrected chi connectivity index (χ0v) is 22.8. The summed E-state index contributed by atoms with van der Waals surface area (Å²) in [5.74, 6) is -4.12. The number of hydrogen-bond donors (Lipinski definition) is 7. The highest BCUT2D eigenvalue weighted by Crippen LogP contribution is 2.50. The third-order valence-electron chi connectivity index (χ3n) is 7.86. The number of hydrogen-bond acceptors (Lipinski definition) is 6. The number of urea groups is 1. The Labute approximate surface area is 226 Å². The van der Waals surface area contributed by atoms with Crippen molar-refractivity contribution in [1.29, 1.82) is 0 Å². The van der Waals surface area contributed by atoms with Gasteiger partial charge in [-0.05, 0) is 43.4 Å². The Morgan fingerprint density at radius 2 is 1.67 bits per heavy atom. The van der Waals surface area contributed by atoms with Gasteiger partial charge in [-0.25, -0.2) is 9.36 Å². The first-order valence-electron chi connectivity index (χ1n) is 12.8. The first-order valence-corrected chi connectivity index (χ1v) is 14.3. The molecule has 0 saturated heterocycles. The van der Waals surface area contributed by atoms with Crippen LogP contribution < -0.4 is 21.3 Å². The van der Waals surface area contributed by atoms with Crippen molar-refractivity contribution in [1.82, 2.24) is 5.32 Å². The number of benzene rings is 1. The van der Waals surface area contributed by atoms with Gasteiger partial charge in [-0.1, -0.05) is 57.1 Å². The Hall–Kier alpha value is -3.15. The van der Waals surface area contributed by atoms with E-state index in [4.69, 9.17) is 21.3 Å². The van der Waals surface area contributed by atoms with E-state index in [1.807, 2.05) is 0 Å². The highest BCUT2D eigenvalue weighted by atomic mass is 31.2. The summed E-state index contributed by atoms with van der Waals surface area (Å²) in [7, 11) is -4.85. The van der Waals surface area contributed by atoms with Gasteiger partial charge >= 0.3 is 25.8 Å². The number of nitrogens with two attached hydrogens (primary N) is 2. The Kier molecular flexibility index (Phi) is 10.9. The van der Waals surface area contributed by atoms with Gasteiger partial charge in [0.25, 0.3) is 0 Å². The monoisotopic (exact) mass is 571 g/mol. The summed E-state index contributed by atoms with van der Waals surface area (Å²) in [5.41, 5.74) is 6.94. The lowest BCUT2D eigenvalue weighted by Gasteiger charge is -2.49. The predicted octanol–water partition coefficient (Wildman–Crippen LogP) is 2.53. The number of phosphoric ester groups is 1. The van der Waals surface area contributed by atoms with Crippen molar-refractivity contribution in [2.45, 2.75) is 77.2 Å². The molecule has 13 nitrogen and oxygen atoms in total. The van der Waals surface area contributed by atoms with Crippen molar-refractivity contribution in [3.05, 3.63) is 29.8 Å². The number of carbonyl (C=O) groups excluding carboxylic acids is 2. The normalized spacial score (nSPS) is 18.2. The maximum absolute atomic E-state index is 12.8. The number of carboxylic acid groups (broad SMARTS) is 2. The average molecular weight is 572 g/mol. The largest absolute Gasteiger partial charge is 0.524 e. The Balaban J connectivity index is 2.60. The van der Waals surface area contributed by atoms with E-state index in [-0.39, 0.29) is 18.6 Å². The van der Waals surface area contributed by atoms with Crippen molar-refractivity contribution >= 4 is 31.7 Å². The minimum absolute atomic E-state index is 0.141. The van der Waals surface area contributed by atoms with Crippen molar-refractivity contribution in [2.75, 3.05) is 0 Å². The number of amides is 3. The molecule has 3 unspecified atom stereocenters. The fraction of sp³-hybridized carbons (Fsp3) is 0.600. The smallest absolute Gasteiger partial charge is 0.481 e. The molecule has 3 atom stereocenters. The molecule has 0 bridgehead atoms. The van der Waals surface area contributed by atoms with E-state index in [0.717, 1.165) is 45.4 Å². The lowest BCUT2D eigenvalue weighted by molar-refractivity contribution is -0.169. The minimum Gasteiger partial charge on any atom is -0.481 e. The zero-order valence-electron chi connectivity index (χ0n) is 21.9. The molecule has 0 aliphatic heterocycles. The van der Waals surface area contributed by atoms with Gasteiger partial charge in [0.05, 0.1) is 6.42 Å². The SMILES string of the molecule is CC(C(N)=O)(C(=O)O)C(CC(=O)O)(Cc1ccc(OP(=O)(O)O)cc1)C(CCCC1CCCCC1)NC(N)=O. The van der Waals surface area contributed by atoms with Crippen molar-refractivity contribution in [3.63, 3.8) is 0 Å². The van der Waals surface area contributed by atoms with Crippen LogP contribution >= 0.6 is 7.82 Å². The van der Waals surface area contributed by atoms with E-state index < -0.39 is 55.0 Å². The van der Waals surface area contributed by atoms with Gasteiger partial charge in [0.15, 0.2) is 5.41 Å². The third-order valence-corrected chi connectivity index (χ3v) is 8.31. The quantitative estimate of drug-likeness (QED) is 0.120. The zero-order chi connectivity index (χ0) is 29.4. The molecule has 1 fully saturated rings. The van der Waals surface area contributed by atoms with E-state index in [9.17, 15) is 34.0 Å². The molecular weight excluding hydrogens is 533 g/mol. The van der Waals surface area contributed by atoms with Crippen LogP contribution in [0.5, 0.6) is 5.75 Å². The lowest BCUT2D eigenvalue weighted by Crippen LogP contribution is -2.65. The maximum Gasteiger partial charge on any atom is 0.524 e. The second-order valence-electron chi connectivity index (χ2n) is 10.4. The molecule has 1 aromatic rings. The van der Waals surface area contributed by atoms with Crippen LogP contribution in [-0.4, -0.2) is 49.9 Å². The summed E-state index contributed by atoms with van der Waals surface area (Å²) in [6, 6.07) is 2.94. The summed E-state index contributed by atoms with van der Waals surface area (Å²) >= 11 is 0. The molecule has 2 rings (SSSR count). The van der Waals surface area contributed by atoms with Crippen LogP contribution in [-0.2, 0) is 25.4 Å². The first-order chi connectivity index (χ1) is 18.1. The van der Waals surface area contributed by atoms with Crippen molar-refractivity contribution in [3.8, 4) is 5.75 Å². The highest BCUT2D eigenvalue weighted by molar-refractivity contribution is 7.46. The average Bonchev–Trinajstić information content (AvgIpc) is 2.82. The number of primary amides is 2. The van der Waals surface area contributed by atoms with Crippen LogP contribution in [0.4, 0.5) is 4.79 Å². The van der Waals surface area contributed by atoms with Crippen LogP contribution in [0.1, 0.15) is 70.3 Å². The predicted molar refractivity (Wildman–Crippen MR) is 139 cm³/mol. The molecule has 1 aromatic carbocycles. The number of carbonyl (C=O) groups is 4. The molecule has 0 spiro atoms. The summed E-state index contributed by atoms with van der Waals surface area (Å²) in [6.07, 6.45) is 5.70. The van der Waals surface area contributed by atoms with E-state index in [1.54, 1.807) is 0 Å². The number of nitrogens with one attached hydrogen (secondary N) is 1. The molecular formula is C25H38N3O10P. The molecule has 218 valence electrons. The topological polar surface area (TPSA) is 240 Å². The fourth-order valence-electron chi connectivity index (χ4n) is 5.76. The molecule has 3 amide bonds. The van der Waals surface area contributed by atoms with Crippen molar-refractivity contribution in [2.24, 2.45) is 28.2 Å².